The van der Waals surface area contributed by atoms with Crippen molar-refractivity contribution in [2.45, 2.75) is 30.9 Å². The fraction of sp³-hybridized carbons (Fsp3) is 0.615. The van der Waals surface area contributed by atoms with Crippen LogP contribution in [0.1, 0.15) is 29.2 Å². The monoisotopic (exact) mass is 284 g/mol. The maximum Gasteiger partial charge on any atom is 0.236 e. The molecule has 0 bridgehead atoms. The van der Waals surface area contributed by atoms with Crippen LogP contribution >= 0.6 is 23.1 Å². The number of amides is 1. The molecule has 0 aliphatic carbocycles. The molecule has 0 spiro atoms. The van der Waals surface area contributed by atoms with Crippen molar-refractivity contribution in [1.82, 2.24) is 10.2 Å². The zero-order valence-electron chi connectivity index (χ0n) is 11.1. The number of carbonyl (C=O) groups excluding carboxylic acids is 1. The highest BCUT2D eigenvalue weighted by Gasteiger charge is 2.39. The summed E-state index contributed by atoms with van der Waals surface area (Å²) < 4.78 is 0. The minimum atomic E-state index is 0.0890. The molecule has 1 aromatic rings. The molecule has 100 valence electrons. The van der Waals surface area contributed by atoms with Gasteiger partial charge in [0.2, 0.25) is 5.91 Å². The van der Waals surface area contributed by atoms with Crippen LogP contribution in [-0.2, 0) is 4.79 Å². The van der Waals surface area contributed by atoms with E-state index in [0.29, 0.717) is 0 Å². The molecule has 5 heteroatoms. The van der Waals surface area contributed by atoms with Gasteiger partial charge in [-0.2, -0.15) is 0 Å². The Morgan fingerprint density at radius 1 is 1.50 bits per heavy atom. The standard InChI is InChI=1S/C13H20N2OS2/c1-9-5-8-17-11(9)13-15(7-4-6-14-3)12(16)10(2)18-13/h5,8,10,13-14H,4,6-7H2,1-3H3/t10-,13+/m1/s1. The van der Waals surface area contributed by atoms with Gasteiger partial charge in [0, 0.05) is 11.4 Å². The van der Waals surface area contributed by atoms with Crippen molar-refractivity contribution in [3.05, 3.63) is 21.9 Å². The topological polar surface area (TPSA) is 32.3 Å². The number of aryl methyl sites for hydroxylation is 1. The van der Waals surface area contributed by atoms with Gasteiger partial charge in [0.25, 0.3) is 0 Å². The first-order chi connectivity index (χ1) is 8.65. The lowest BCUT2D eigenvalue weighted by atomic mass is 10.2. The Labute approximate surface area is 117 Å². The molecule has 0 saturated carbocycles. The average Bonchev–Trinajstić information content (AvgIpc) is 2.87. The van der Waals surface area contributed by atoms with E-state index in [4.69, 9.17) is 0 Å². The molecule has 1 saturated heterocycles. The molecule has 2 heterocycles. The lowest BCUT2D eigenvalue weighted by Crippen LogP contribution is -2.32. The number of hydrogen-bond donors (Lipinski definition) is 1. The first-order valence-electron chi connectivity index (χ1n) is 6.29. The highest BCUT2D eigenvalue weighted by atomic mass is 32.2. The van der Waals surface area contributed by atoms with Gasteiger partial charge >= 0.3 is 0 Å². The molecule has 3 nitrogen and oxygen atoms in total. The number of nitrogens with zero attached hydrogens (tertiary/aromatic N) is 1. The molecular formula is C13H20N2OS2. The van der Waals surface area contributed by atoms with Crippen molar-refractivity contribution in [2.24, 2.45) is 0 Å². The van der Waals surface area contributed by atoms with Crippen molar-refractivity contribution >= 4 is 29.0 Å². The van der Waals surface area contributed by atoms with E-state index in [-0.39, 0.29) is 16.5 Å². The van der Waals surface area contributed by atoms with E-state index in [1.165, 1.54) is 10.4 Å². The van der Waals surface area contributed by atoms with Gasteiger partial charge in [0.15, 0.2) is 0 Å². The molecule has 0 radical (unpaired) electrons. The van der Waals surface area contributed by atoms with E-state index in [0.717, 1.165) is 19.5 Å². The number of thiophene rings is 1. The Hall–Kier alpha value is -0.520. The van der Waals surface area contributed by atoms with E-state index in [9.17, 15) is 4.79 Å². The molecule has 1 aliphatic heterocycles. The van der Waals surface area contributed by atoms with Gasteiger partial charge < -0.3 is 10.2 Å². The summed E-state index contributed by atoms with van der Waals surface area (Å²) in [4.78, 5) is 15.6. The lowest BCUT2D eigenvalue weighted by Gasteiger charge is -2.23. The molecule has 1 N–H and O–H groups in total. The molecule has 1 amide bonds. The SMILES string of the molecule is CNCCCN1C(=O)[C@@H](C)S[C@H]1c1sccc1C. The van der Waals surface area contributed by atoms with Gasteiger partial charge in [-0.05, 0) is 50.9 Å². The largest absolute Gasteiger partial charge is 0.325 e. The average molecular weight is 284 g/mol. The van der Waals surface area contributed by atoms with E-state index in [1.807, 2.05) is 18.9 Å². The summed E-state index contributed by atoms with van der Waals surface area (Å²) in [5, 5.41) is 5.57. The van der Waals surface area contributed by atoms with Crippen molar-refractivity contribution in [3.8, 4) is 0 Å². The molecule has 1 aliphatic rings. The Morgan fingerprint density at radius 3 is 2.89 bits per heavy atom. The third-order valence-electron chi connectivity index (χ3n) is 3.20. The zero-order chi connectivity index (χ0) is 13.1. The molecule has 0 aromatic carbocycles. The second kappa shape index (κ2) is 6.08. The number of rotatable bonds is 5. The second-order valence-corrected chi connectivity index (χ2v) is 6.96. The fourth-order valence-corrected chi connectivity index (χ4v) is 4.72. The van der Waals surface area contributed by atoms with Crippen LogP contribution < -0.4 is 5.32 Å². The Kier molecular flexibility index (Phi) is 4.70. The summed E-state index contributed by atoms with van der Waals surface area (Å²) in [5.41, 5.74) is 1.30. The Bertz CT molecular complexity index is 419. The third-order valence-corrected chi connectivity index (χ3v) is 5.78. The van der Waals surface area contributed by atoms with Gasteiger partial charge in [-0.1, -0.05) is 0 Å². The normalized spacial score (nSPS) is 23.9. The number of hydrogen-bond acceptors (Lipinski definition) is 4. The molecule has 2 atom stereocenters. The van der Waals surface area contributed by atoms with Crippen LogP contribution in [0.5, 0.6) is 0 Å². The number of carbonyl (C=O) groups is 1. The molecule has 2 rings (SSSR count). The molecule has 1 aromatic heterocycles. The van der Waals surface area contributed by atoms with Crippen LogP contribution in [0, 0.1) is 6.92 Å². The van der Waals surface area contributed by atoms with Gasteiger partial charge in [-0.3, -0.25) is 4.79 Å². The summed E-state index contributed by atoms with van der Waals surface area (Å²) >= 11 is 3.54. The van der Waals surface area contributed by atoms with Crippen molar-refractivity contribution in [1.29, 1.82) is 0 Å². The predicted octanol–water partition coefficient (Wildman–Crippen LogP) is 2.63. The Morgan fingerprint density at radius 2 is 2.28 bits per heavy atom. The fourth-order valence-electron chi connectivity index (χ4n) is 2.17. The zero-order valence-corrected chi connectivity index (χ0v) is 12.7. The van der Waals surface area contributed by atoms with Crippen LogP contribution in [0.4, 0.5) is 0 Å². The first-order valence-corrected chi connectivity index (χ1v) is 8.12. The minimum Gasteiger partial charge on any atom is -0.325 e. The van der Waals surface area contributed by atoms with Gasteiger partial charge in [0.1, 0.15) is 5.37 Å². The summed E-state index contributed by atoms with van der Waals surface area (Å²) in [6, 6.07) is 2.14. The number of thioether (sulfide) groups is 1. The van der Waals surface area contributed by atoms with E-state index >= 15 is 0 Å². The van der Waals surface area contributed by atoms with Gasteiger partial charge in [-0.15, -0.1) is 23.1 Å². The molecule has 0 unspecified atom stereocenters. The van der Waals surface area contributed by atoms with E-state index < -0.39 is 0 Å². The molecule has 1 fully saturated rings. The smallest absolute Gasteiger partial charge is 0.236 e. The predicted molar refractivity (Wildman–Crippen MR) is 79.1 cm³/mol. The maximum absolute atomic E-state index is 12.2. The quantitative estimate of drug-likeness (QED) is 0.844. The third kappa shape index (κ3) is 2.73. The first kappa shape index (κ1) is 13.9. The number of nitrogens with one attached hydrogen (secondary N) is 1. The van der Waals surface area contributed by atoms with Crippen molar-refractivity contribution in [2.75, 3.05) is 20.1 Å². The molecule has 18 heavy (non-hydrogen) atoms. The molecular weight excluding hydrogens is 264 g/mol. The van der Waals surface area contributed by atoms with Crippen molar-refractivity contribution in [3.63, 3.8) is 0 Å². The van der Waals surface area contributed by atoms with Crippen LogP contribution in [-0.4, -0.2) is 36.2 Å². The summed E-state index contributed by atoms with van der Waals surface area (Å²) in [6.45, 7) is 5.95. The van der Waals surface area contributed by atoms with Crippen LogP contribution in [0.3, 0.4) is 0 Å². The minimum absolute atomic E-state index is 0.0890. The van der Waals surface area contributed by atoms with Crippen LogP contribution in [0.25, 0.3) is 0 Å². The second-order valence-electron chi connectivity index (χ2n) is 4.59. The summed E-state index contributed by atoms with van der Waals surface area (Å²) in [7, 11) is 1.95. The highest BCUT2D eigenvalue weighted by molar-refractivity contribution is 8.01. The van der Waals surface area contributed by atoms with Gasteiger partial charge in [0.05, 0.1) is 5.25 Å². The highest BCUT2D eigenvalue weighted by Crippen LogP contribution is 2.45. The van der Waals surface area contributed by atoms with E-state index in [1.54, 1.807) is 23.1 Å². The van der Waals surface area contributed by atoms with Crippen LogP contribution in [0.2, 0.25) is 0 Å². The van der Waals surface area contributed by atoms with Crippen LogP contribution in [0.15, 0.2) is 11.4 Å². The van der Waals surface area contributed by atoms with Gasteiger partial charge in [-0.25, -0.2) is 0 Å². The van der Waals surface area contributed by atoms with E-state index in [2.05, 4.69) is 23.7 Å². The lowest BCUT2D eigenvalue weighted by molar-refractivity contribution is -0.129. The Balaban J connectivity index is 2.12. The maximum atomic E-state index is 12.2. The summed E-state index contributed by atoms with van der Waals surface area (Å²) in [5.74, 6) is 0.286. The van der Waals surface area contributed by atoms with Crippen molar-refractivity contribution < 1.29 is 4.79 Å². The summed E-state index contributed by atoms with van der Waals surface area (Å²) in [6.07, 6.45) is 1.01.